The van der Waals surface area contributed by atoms with Gasteiger partial charge in [-0.05, 0) is 6.07 Å². The van der Waals surface area contributed by atoms with Crippen LogP contribution in [0.5, 0.6) is 0 Å². The van der Waals surface area contributed by atoms with E-state index in [2.05, 4.69) is 15.4 Å². The molecule has 8 nitrogen and oxygen atoms in total. The zero-order chi connectivity index (χ0) is 13.0. The summed E-state index contributed by atoms with van der Waals surface area (Å²) in [5.74, 6) is -0.218. The van der Waals surface area contributed by atoms with Crippen molar-refractivity contribution < 1.29 is 14.7 Å². The summed E-state index contributed by atoms with van der Waals surface area (Å²) >= 11 is 0. The van der Waals surface area contributed by atoms with Gasteiger partial charge in [0.2, 0.25) is 0 Å². The number of carbonyl (C=O) groups excluding carboxylic acids is 1. The standard InChI is InChI=1S/C10H13N5O3/c11-9(14-17)8-6-15(3-4-18-8)10(16)7-1-2-12-13-5-7/h1-2,5,8,17H,3-4,6H2,(H2,11,14). The van der Waals surface area contributed by atoms with E-state index in [0.717, 1.165) is 0 Å². The average molecular weight is 251 g/mol. The largest absolute Gasteiger partial charge is 0.409 e. The molecular formula is C10H13N5O3. The second kappa shape index (κ2) is 5.41. The van der Waals surface area contributed by atoms with E-state index in [1.54, 1.807) is 11.0 Å². The Balaban J connectivity index is 2.08. The Morgan fingerprint density at radius 1 is 1.61 bits per heavy atom. The van der Waals surface area contributed by atoms with Crippen molar-refractivity contribution >= 4 is 11.7 Å². The molecule has 18 heavy (non-hydrogen) atoms. The highest BCUT2D eigenvalue weighted by molar-refractivity contribution is 5.94. The van der Waals surface area contributed by atoms with Crippen LogP contribution in [0.1, 0.15) is 10.4 Å². The highest BCUT2D eigenvalue weighted by Gasteiger charge is 2.27. The van der Waals surface area contributed by atoms with E-state index in [9.17, 15) is 4.79 Å². The van der Waals surface area contributed by atoms with Crippen molar-refractivity contribution in [1.29, 1.82) is 0 Å². The molecule has 1 saturated heterocycles. The summed E-state index contributed by atoms with van der Waals surface area (Å²) in [5, 5.41) is 18.7. The molecule has 3 N–H and O–H groups in total. The lowest BCUT2D eigenvalue weighted by atomic mass is 10.2. The van der Waals surface area contributed by atoms with Crippen LogP contribution >= 0.6 is 0 Å². The number of aromatic nitrogens is 2. The number of carbonyl (C=O) groups is 1. The zero-order valence-corrected chi connectivity index (χ0v) is 9.56. The monoisotopic (exact) mass is 251 g/mol. The lowest BCUT2D eigenvalue weighted by Crippen LogP contribution is -2.50. The van der Waals surface area contributed by atoms with Crippen LogP contribution in [0.15, 0.2) is 23.6 Å². The number of amides is 1. The Kier molecular flexibility index (Phi) is 3.68. The van der Waals surface area contributed by atoms with Crippen LogP contribution in [0, 0.1) is 0 Å². The maximum atomic E-state index is 12.1. The van der Waals surface area contributed by atoms with Gasteiger partial charge < -0.3 is 20.6 Å². The smallest absolute Gasteiger partial charge is 0.255 e. The topological polar surface area (TPSA) is 114 Å². The molecule has 96 valence electrons. The van der Waals surface area contributed by atoms with Crippen LogP contribution < -0.4 is 5.73 Å². The first kappa shape index (κ1) is 12.2. The molecule has 1 atom stereocenters. The molecule has 1 aliphatic rings. The van der Waals surface area contributed by atoms with Gasteiger partial charge in [0.25, 0.3) is 5.91 Å². The molecule has 1 amide bonds. The number of morpholine rings is 1. The first-order chi connectivity index (χ1) is 8.72. The molecule has 0 aromatic carbocycles. The van der Waals surface area contributed by atoms with Gasteiger partial charge in [-0.15, -0.1) is 0 Å². The summed E-state index contributed by atoms with van der Waals surface area (Å²) in [6.45, 7) is 1.04. The molecule has 1 aromatic heterocycles. The third kappa shape index (κ3) is 2.54. The SMILES string of the molecule is N/C(=N/O)C1CN(C(=O)c2ccnnc2)CCO1. The highest BCUT2D eigenvalue weighted by Crippen LogP contribution is 2.09. The van der Waals surface area contributed by atoms with Gasteiger partial charge in [0, 0.05) is 6.54 Å². The molecule has 1 aliphatic heterocycles. The lowest BCUT2D eigenvalue weighted by molar-refractivity contribution is 0.00673. The van der Waals surface area contributed by atoms with Gasteiger partial charge in [-0.2, -0.15) is 10.2 Å². The van der Waals surface area contributed by atoms with E-state index in [1.807, 2.05) is 0 Å². The quantitative estimate of drug-likeness (QED) is 0.303. The van der Waals surface area contributed by atoms with Crippen molar-refractivity contribution in [3.05, 3.63) is 24.0 Å². The fourth-order valence-corrected chi connectivity index (χ4v) is 1.68. The van der Waals surface area contributed by atoms with Crippen LogP contribution in [0.25, 0.3) is 0 Å². The Bertz CT molecular complexity index is 450. The van der Waals surface area contributed by atoms with E-state index in [-0.39, 0.29) is 18.3 Å². The maximum Gasteiger partial charge on any atom is 0.255 e. The normalized spacial score (nSPS) is 20.8. The van der Waals surface area contributed by atoms with Gasteiger partial charge in [0.15, 0.2) is 5.84 Å². The number of oxime groups is 1. The third-order valence-corrected chi connectivity index (χ3v) is 2.63. The molecule has 0 radical (unpaired) electrons. The third-order valence-electron chi connectivity index (χ3n) is 2.63. The molecule has 1 unspecified atom stereocenters. The van der Waals surface area contributed by atoms with Crippen molar-refractivity contribution in [1.82, 2.24) is 15.1 Å². The first-order valence-electron chi connectivity index (χ1n) is 5.37. The molecule has 2 rings (SSSR count). The van der Waals surface area contributed by atoms with E-state index in [1.165, 1.54) is 12.4 Å². The van der Waals surface area contributed by atoms with Crippen LogP contribution in [-0.4, -0.2) is 57.8 Å². The number of nitrogens with zero attached hydrogens (tertiary/aromatic N) is 4. The summed E-state index contributed by atoms with van der Waals surface area (Å²) in [7, 11) is 0. The minimum atomic E-state index is -0.581. The van der Waals surface area contributed by atoms with E-state index in [0.29, 0.717) is 18.7 Å². The van der Waals surface area contributed by atoms with Gasteiger partial charge in [-0.25, -0.2) is 0 Å². The Morgan fingerprint density at radius 3 is 3.11 bits per heavy atom. The van der Waals surface area contributed by atoms with Crippen molar-refractivity contribution in [2.24, 2.45) is 10.9 Å². The van der Waals surface area contributed by atoms with Gasteiger partial charge >= 0.3 is 0 Å². The average Bonchev–Trinajstić information content (AvgIpc) is 2.46. The molecule has 1 aromatic rings. The Labute approximate surface area is 103 Å². The highest BCUT2D eigenvalue weighted by atomic mass is 16.5. The van der Waals surface area contributed by atoms with Crippen molar-refractivity contribution in [3.63, 3.8) is 0 Å². The summed E-state index contributed by atoms with van der Waals surface area (Å²) < 4.78 is 5.31. The molecule has 0 bridgehead atoms. The second-order valence-corrected chi connectivity index (χ2v) is 3.77. The molecule has 0 saturated carbocycles. The van der Waals surface area contributed by atoms with Crippen molar-refractivity contribution in [2.75, 3.05) is 19.7 Å². The van der Waals surface area contributed by atoms with Crippen LogP contribution in [0.3, 0.4) is 0 Å². The van der Waals surface area contributed by atoms with Gasteiger partial charge in [-0.3, -0.25) is 4.79 Å². The molecule has 2 heterocycles. The number of hydrogen-bond acceptors (Lipinski definition) is 6. The predicted octanol–water partition coefficient (Wildman–Crippen LogP) is -0.936. The van der Waals surface area contributed by atoms with Crippen LogP contribution in [0.4, 0.5) is 0 Å². The summed E-state index contributed by atoms with van der Waals surface area (Å²) in [5.41, 5.74) is 5.91. The number of hydrogen-bond donors (Lipinski definition) is 2. The summed E-state index contributed by atoms with van der Waals surface area (Å²) in [6, 6.07) is 1.59. The van der Waals surface area contributed by atoms with Crippen molar-refractivity contribution in [3.8, 4) is 0 Å². The van der Waals surface area contributed by atoms with Crippen LogP contribution in [0.2, 0.25) is 0 Å². The number of ether oxygens (including phenoxy) is 1. The fourth-order valence-electron chi connectivity index (χ4n) is 1.68. The molecule has 0 spiro atoms. The second-order valence-electron chi connectivity index (χ2n) is 3.77. The number of rotatable bonds is 2. The molecule has 0 aliphatic carbocycles. The molecular weight excluding hydrogens is 238 g/mol. The van der Waals surface area contributed by atoms with Crippen LogP contribution in [-0.2, 0) is 4.74 Å². The van der Waals surface area contributed by atoms with E-state index in [4.69, 9.17) is 15.7 Å². The molecule has 8 heteroatoms. The zero-order valence-electron chi connectivity index (χ0n) is 9.56. The number of amidine groups is 1. The predicted molar refractivity (Wildman–Crippen MR) is 61.1 cm³/mol. The Morgan fingerprint density at radius 2 is 2.44 bits per heavy atom. The first-order valence-corrected chi connectivity index (χ1v) is 5.37. The fraction of sp³-hybridized carbons (Fsp3) is 0.400. The Hall–Kier alpha value is -2.22. The van der Waals surface area contributed by atoms with Gasteiger partial charge in [-0.1, -0.05) is 5.16 Å². The van der Waals surface area contributed by atoms with E-state index < -0.39 is 6.10 Å². The number of nitrogens with two attached hydrogens (primary N) is 1. The summed E-state index contributed by atoms with van der Waals surface area (Å²) in [4.78, 5) is 13.7. The van der Waals surface area contributed by atoms with E-state index >= 15 is 0 Å². The maximum absolute atomic E-state index is 12.1. The minimum absolute atomic E-state index is 0.0413. The lowest BCUT2D eigenvalue weighted by Gasteiger charge is -2.32. The summed E-state index contributed by atoms with van der Waals surface area (Å²) in [6.07, 6.45) is 2.27. The van der Waals surface area contributed by atoms with Gasteiger partial charge in [0.1, 0.15) is 6.10 Å². The van der Waals surface area contributed by atoms with Crippen molar-refractivity contribution in [2.45, 2.75) is 6.10 Å². The van der Waals surface area contributed by atoms with Gasteiger partial charge in [0.05, 0.1) is 31.1 Å². The molecule has 1 fully saturated rings. The minimum Gasteiger partial charge on any atom is -0.409 e.